The first kappa shape index (κ1) is 16.0. The number of amides is 1. The van der Waals surface area contributed by atoms with Crippen LogP contribution in [-0.4, -0.2) is 54.2 Å². The predicted molar refractivity (Wildman–Crippen MR) is 91.5 cm³/mol. The number of nitrogens with zero attached hydrogens (tertiary/aromatic N) is 1. The number of carbonyl (C=O) groups excluding carboxylic acids is 1. The molecule has 1 aromatic carbocycles. The number of carbonyl (C=O) groups is 1. The number of rotatable bonds is 5. The highest BCUT2D eigenvalue weighted by Gasteiger charge is 2.23. The van der Waals surface area contributed by atoms with E-state index in [0.29, 0.717) is 13.1 Å². The van der Waals surface area contributed by atoms with Crippen LogP contribution in [-0.2, 0) is 16.0 Å². The number of ether oxygens (including phenoxy) is 1. The van der Waals surface area contributed by atoms with Gasteiger partial charge in [-0.3, -0.25) is 9.69 Å². The van der Waals surface area contributed by atoms with Gasteiger partial charge in [-0.15, -0.1) is 0 Å². The Morgan fingerprint density at radius 1 is 1.30 bits per heavy atom. The lowest BCUT2D eigenvalue weighted by molar-refractivity contribution is -0.125. The molecule has 1 saturated heterocycles. The van der Waals surface area contributed by atoms with Crippen molar-refractivity contribution in [3.8, 4) is 0 Å². The maximum absolute atomic E-state index is 12.1. The van der Waals surface area contributed by atoms with E-state index in [2.05, 4.69) is 41.2 Å². The molecule has 3 rings (SSSR count). The number of para-hydroxylation sites is 1. The molecule has 1 aromatic heterocycles. The van der Waals surface area contributed by atoms with E-state index in [4.69, 9.17) is 4.74 Å². The minimum absolute atomic E-state index is 0.0890. The third-order valence-electron chi connectivity index (χ3n) is 4.25. The van der Waals surface area contributed by atoms with E-state index < -0.39 is 0 Å². The lowest BCUT2D eigenvalue weighted by Gasteiger charge is -2.34. The predicted octanol–water partition coefficient (Wildman–Crippen LogP) is 1.94. The Hall–Kier alpha value is -1.85. The Labute approximate surface area is 137 Å². The smallest absolute Gasteiger partial charge is 0.234 e. The van der Waals surface area contributed by atoms with Gasteiger partial charge in [-0.2, -0.15) is 0 Å². The van der Waals surface area contributed by atoms with Crippen LogP contribution in [0.2, 0.25) is 0 Å². The second-order valence-electron chi connectivity index (χ2n) is 6.41. The Kier molecular flexibility index (Phi) is 4.98. The number of nitrogens with one attached hydrogen (secondary N) is 2. The molecule has 0 unspecified atom stereocenters. The van der Waals surface area contributed by atoms with Crippen LogP contribution in [0.1, 0.15) is 19.4 Å². The number of aromatic nitrogens is 1. The van der Waals surface area contributed by atoms with Gasteiger partial charge in [0.2, 0.25) is 5.91 Å². The Morgan fingerprint density at radius 3 is 2.83 bits per heavy atom. The van der Waals surface area contributed by atoms with Crippen molar-refractivity contribution >= 4 is 16.8 Å². The molecule has 2 atom stereocenters. The molecular formula is C18H25N3O2. The van der Waals surface area contributed by atoms with E-state index in [-0.39, 0.29) is 18.1 Å². The number of morpholine rings is 1. The molecule has 0 spiro atoms. The van der Waals surface area contributed by atoms with Crippen LogP contribution in [0, 0.1) is 0 Å². The zero-order chi connectivity index (χ0) is 16.2. The summed E-state index contributed by atoms with van der Waals surface area (Å²) in [5.74, 6) is 0.0890. The summed E-state index contributed by atoms with van der Waals surface area (Å²) in [6.07, 6.45) is 3.25. The first-order chi connectivity index (χ1) is 11.1. The summed E-state index contributed by atoms with van der Waals surface area (Å²) in [5.41, 5.74) is 2.39. The maximum Gasteiger partial charge on any atom is 0.234 e. The molecule has 1 aliphatic heterocycles. The average Bonchev–Trinajstić information content (AvgIpc) is 2.90. The normalized spacial score (nSPS) is 22.3. The van der Waals surface area contributed by atoms with Gasteiger partial charge < -0.3 is 15.0 Å². The van der Waals surface area contributed by atoms with E-state index in [1.54, 1.807) is 0 Å². The largest absolute Gasteiger partial charge is 0.373 e. The third-order valence-corrected chi connectivity index (χ3v) is 4.25. The molecule has 1 fully saturated rings. The summed E-state index contributed by atoms with van der Waals surface area (Å²) in [6.45, 7) is 6.86. The SMILES string of the molecule is C[C@@H]1CN(CC(=O)NCCc2c[nH]c3ccccc23)C[C@H](C)O1. The molecule has 0 aliphatic carbocycles. The van der Waals surface area contributed by atoms with Crippen molar-refractivity contribution in [1.82, 2.24) is 15.2 Å². The van der Waals surface area contributed by atoms with Gasteiger partial charge in [0.1, 0.15) is 0 Å². The zero-order valence-corrected chi connectivity index (χ0v) is 13.8. The van der Waals surface area contributed by atoms with Crippen molar-refractivity contribution in [3.05, 3.63) is 36.0 Å². The maximum atomic E-state index is 12.1. The number of hydrogen-bond acceptors (Lipinski definition) is 3. The molecule has 0 radical (unpaired) electrons. The summed E-state index contributed by atoms with van der Waals surface area (Å²) < 4.78 is 5.69. The third kappa shape index (κ3) is 4.12. The summed E-state index contributed by atoms with van der Waals surface area (Å²) in [7, 11) is 0. The van der Waals surface area contributed by atoms with Crippen molar-refractivity contribution in [2.75, 3.05) is 26.2 Å². The van der Waals surface area contributed by atoms with Crippen LogP contribution in [0.3, 0.4) is 0 Å². The van der Waals surface area contributed by atoms with Crippen molar-refractivity contribution in [3.63, 3.8) is 0 Å². The highest BCUT2D eigenvalue weighted by Crippen LogP contribution is 2.17. The molecule has 1 aliphatic rings. The molecular weight excluding hydrogens is 290 g/mol. The summed E-state index contributed by atoms with van der Waals surface area (Å²) >= 11 is 0. The minimum Gasteiger partial charge on any atom is -0.373 e. The summed E-state index contributed by atoms with van der Waals surface area (Å²) in [4.78, 5) is 17.5. The van der Waals surface area contributed by atoms with Crippen LogP contribution < -0.4 is 5.32 Å². The number of H-pyrrole nitrogens is 1. The number of hydrogen-bond donors (Lipinski definition) is 2. The van der Waals surface area contributed by atoms with Crippen molar-refractivity contribution in [2.24, 2.45) is 0 Å². The fraction of sp³-hybridized carbons (Fsp3) is 0.500. The van der Waals surface area contributed by atoms with Gasteiger partial charge in [-0.1, -0.05) is 18.2 Å². The zero-order valence-electron chi connectivity index (χ0n) is 13.8. The van der Waals surface area contributed by atoms with Gasteiger partial charge in [-0.05, 0) is 31.9 Å². The molecule has 2 heterocycles. The molecule has 5 heteroatoms. The van der Waals surface area contributed by atoms with Gasteiger partial charge >= 0.3 is 0 Å². The van der Waals surface area contributed by atoms with Crippen LogP contribution in [0.25, 0.3) is 10.9 Å². The number of fused-ring (bicyclic) bond motifs is 1. The molecule has 1 amide bonds. The van der Waals surface area contributed by atoms with Gasteiger partial charge in [0.05, 0.1) is 18.8 Å². The molecule has 0 bridgehead atoms. The van der Waals surface area contributed by atoms with Crippen molar-refractivity contribution in [1.29, 1.82) is 0 Å². The van der Waals surface area contributed by atoms with Crippen LogP contribution in [0.15, 0.2) is 30.5 Å². The quantitative estimate of drug-likeness (QED) is 0.886. The Balaban J connectivity index is 1.46. The minimum atomic E-state index is 0.0890. The second kappa shape index (κ2) is 7.15. The van der Waals surface area contributed by atoms with Gasteiger partial charge in [-0.25, -0.2) is 0 Å². The van der Waals surface area contributed by atoms with Crippen LogP contribution >= 0.6 is 0 Å². The molecule has 2 N–H and O–H groups in total. The van der Waals surface area contributed by atoms with E-state index in [1.165, 1.54) is 10.9 Å². The average molecular weight is 315 g/mol. The van der Waals surface area contributed by atoms with Crippen molar-refractivity contribution in [2.45, 2.75) is 32.5 Å². The highest BCUT2D eigenvalue weighted by molar-refractivity contribution is 5.83. The highest BCUT2D eigenvalue weighted by atomic mass is 16.5. The second-order valence-corrected chi connectivity index (χ2v) is 6.41. The molecule has 124 valence electrons. The van der Waals surface area contributed by atoms with E-state index in [1.807, 2.05) is 18.3 Å². The lowest BCUT2D eigenvalue weighted by Crippen LogP contribution is -2.49. The van der Waals surface area contributed by atoms with Crippen LogP contribution in [0.5, 0.6) is 0 Å². The number of aromatic amines is 1. The Morgan fingerprint density at radius 2 is 2.04 bits per heavy atom. The molecule has 5 nitrogen and oxygen atoms in total. The standard InChI is InChI=1S/C18H25N3O2/c1-13-10-21(11-14(2)23-13)12-18(22)19-8-7-15-9-20-17-6-4-3-5-16(15)17/h3-6,9,13-14,20H,7-8,10-12H2,1-2H3,(H,19,22)/t13-,14+. The molecule has 0 saturated carbocycles. The van der Waals surface area contributed by atoms with Crippen molar-refractivity contribution < 1.29 is 9.53 Å². The van der Waals surface area contributed by atoms with E-state index in [9.17, 15) is 4.79 Å². The number of benzene rings is 1. The first-order valence-corrected chi connectivity index (χ1v) is 8.31. The van der Waals surface area contributed by atoms with Gasteiger partial charge in [0.15, 0.2) is 0 Å². The van der Waals surface area contributed by atoms with Gasteiger partial charge in [0.25, 0.3) is 0 Å². The first-order valence-electron chi connectivity index (χ1n) is 8.31. The van der Waals surface area contributed by atoms with E-state index in [0.717, 1.165) is 25.0 Å². The lowest BCUT2D eigenvalue weighted by atomic mass is 10.1. The van der Waals surface area contributed by atoms with E-state index >= 15 is 0 Å². The molecule has 2 aromatic rings. The summed E-state index contributed by atoms with van der Waals surface area (Å²) in [6, 6.07) is 8.24. The van der Waals surface area contributed by atoms with Gasteiger partial charge in [0, 0.05) is 36.7 Å². The van der Waals surface area contributed by atoms with Crippen LogP contribution in [0.4, 0.5) is 0 Å². The monoisotopic (exact) mass is 315 g/mol. The fourth-order valence-corrected chi connectivity index (χ4v) is 3.35. The molecule has 23 heavy (non-hydrogen) atoms. The topological polar surface area (TPSA) is 57.4 Å². The fourth-order valence-electron chi connectivity index (χ4n) is 3.35. The summed E-state index contributed by atoms with van der Waals surface area (Å²) in [5, 5.41) is 4.26. The Bertz CT molecular complexity index is 657.